The van der Waals surface area contributed by atoms with Crippen molar-refractivity contribution >= 4 is 23.6 Å². The van der Waals surface area contributed by atoms with Crippen molar-refractivity contribution in [2.24, 2.45) is 0 Å². The fourth-order valence-corrected chi connectivity index (χ4v) is 3.33. The first-order valence-corrected chi connectivity index (χ1v) is 8.19. The third kappa shape index (κ3) is 2.93. The SMILES string of the molecule is Cc1ccc(C(=O)N2CCCCC2C(=O)O)cc1N1CCNC1=O. The van der Waals surface area contributed by atoms with E-state index in [-0.39, 0.29) is 11.9 Å². The number of hydrogen-bond donors (Lipinski definition) is 2. The van der Waals surface area contributed by atoms with Gasteiger partial charge in [0.25, 0.3) is 5.91 Å². The van der Waals surface area contributed by atoms with Gasteiger partial charge in [-0.3, -0.25) is 9.69 Å². The number of amides is 3. The van der Waals surface area contributed by atoms with Crippen molar-refractivity contribution in [1.29, 1.82) is 0 Å². The van der Waals surface area contributed by atoms with Crippen molar-refractivity contribution in [1.82, 2.24) is 10.2 Å². The highest BCUT2D eigenvalue weighted by molar-refractivity contribution is 6.00. The Balaban J connectivity index is 1.90. The Labute approximate surface area is 140 Å². The standard InChI is InChI=1S/C17H21N3O4/c1-11-5-6-12(10-14(11)20-9-7-18-17(20)24)15(21)19-8-3-2-4-13(19)16(22)23/h5-6,10,13H,2-4,7-9H2,1H3,(H,18,24)(H,22,23). The van der Waals surface area contributed by atoms with Crippen LogP contribution in [0.1, 0.15) is 35.2 Å². The molecule has 2 aliphatic heterocycles. The number of carboxylic acids is 1. The minimum atomic E-state index is -0.964. The molecule has 0 spiro atoms. The molecule has 0 aromatic heterocycles. The third-order valence-electron chi connectivity index (χ3n) is 4.65. The largest absolute Gasteiger partial charge is 0.480 e. The van der Waals surface area contributed by atoms with Crippen LogP contribution >= 0.6 is 0 Å². The van der Waals surface area contributed by atoms with E-state index in [1.807, 2.05) is 6.92 Å². The molecule has 2 aliphatic rings. The quantitative estimate of drug-likeness (QED) is 0.880. The Morgan fingerprint density at radius 3 is 2.71 bits per heavy atom. The van der Waals surface area contributed by atoms with Gasteiger partial charge in [-0.15, -0.1) is 0 Å². The first-order valence-electron chi connectivity index (χ1n) is 8.19. The Kier molecular flexibility index (Phi) is 4.42. The summed E-state index contributed by atoms with van der Waals surface area (Å²) in [6.07, 6.45) is 2.10. The molecule has 2 heterocycles. The number of hydrogen-bond acceptors (Lipinski definition) is 3. The monoisotopic (exact) mass is 331 g/mol. The summed E-state index contributed by atoms with van der Waals surface area (Å²) in [5.74, 6) is -1.25. The van der Waals surface area contributed by atoms with Crippen LogP contribution in [-0.2, 0) is 4.79 Å². The van der Waals surface area contributed by atoms with E-state index in [1.165, 1.54) is 4.90 Å². The predicted octanol–water partition coefficient (Wildman–Crippen LogP) is 1.60. The number of aliphatic carboxylic acids is 1. The first kappa shape index (κ1) is 16.3. The summed E-state index contributed by atoms with van der Waals surface area (Å²) >= 11 is 0. The van der Waals surface area contributed by atoms with Crippen LogP contribution in [0.2, 0.25) is 0 Å². The maximum Gasteiger partial charge on any atom is 0.326 e. The molecule has 7 nitrogen and oxygen atoms in total. The van der Waals surface area contributed by atoms with Crippen LogP contribution in [-0.4, -0.2) is 53.6 Å². The molecule has 128 valence electrons. The number of benzene rings is 1. The number of likely N-dealkylation sites (tertiary alicyclic amines) is 1. The molecule has 1 atom stereocenters. The van der Waals surface area contributed by atoms with Gasteiger partial charge in [-0.25, -0.2) is 9.59 Å². The summed E-state index contributed by atoms with van der Waals surface area (Å²) in [6.45, 7) is 3.46. The second kappa shape index (κ2) is 6.51. The van der Waals surface area contributed by atoms with Crippen molar-refractivity contribution < 1.29 is 19.5 Å². The van der Waals surface area contributed by atoms with Crippen LogP contribution in [0.5, 0.6) is 0 Å². The van der Waals surface area contributed by atoms with E-state index in [9.17, 15) is 19.5 Å². The first-order chi connectivity index (χ1) is 11.5. The fraction of sp³-hybridized carbons (Fsp3) is 0.471. The number of nitrogens with zero attached hydrogens (tertiary/aromatic N) is 2. The molecule has 2 N–H and O–H groups in total. The minimum Gasteiger partial charge on any atom is -0.480 e. The number of anilines is 1. The lowest BCUT2D eigenvalue weighted by Crippen LogP contribution is -2.48. The van der Waals surface area contributed by atoms with Gasteiger partial charge in [0.05, 0.1) is 0 Å². The molecule has 1 aromatic carbocycles. The molecule has 0 radical (unpaired) electrons. The lowest BCUT2D eigenvalue weighted by atomic mass is 10.00. The van der Waals surface area contributed by atoms with Crippen LogP contribution in [0.4, 0.5) is 10.5 Å². The third-order valence-corrected chi connectivity index (χ3v) is 4.65. The van der Waals surface area contributed by atoms with Crippen LogP contribution in [0.15, 0.2) is 18.2 Å². The molecule has 1 unspecified atom stereocenters. The van der Waals surface area contributed by atoms with Crippen LogP contribution in [0, 0.1) is 6.92 Å². The lowest BCUT2D eigenvalue weighted by Gasteiger charge is -2.33. The van der Waals surface area contributed by atoms with Crippen molar-refractivity contribution in [3.05, 3.63) is 29.3 Å². The van der Waals surface area contributed by atoms with Crippen molar-refractivity contribution in [3.8, 4) is 0 Å². The van der Waals surface area contributed by atoms with E-state index in [0.717, 1.165) is 18.4 Å². The van der Waals surface area contributed by atoms with E-state index in [1.54, 1.807) is 23.1 Å². The van der Waals surface area contributed by atoms with Crippen LogP contribution < -0.4 is 10.2 Å². The molecule has 2 fully saturated rings. The van der Waals surface area contributed by atoms with E-state index in [2.05, 4.69) is 5.32 Å². The molecule has 24 heavy (non-hydrogen) atoms. The molecule has 7 heteroatoms. The topological polar surface area (TPSA) is 89.9 Å². The van der Waals surface area contributed by atoms with Gasteiger partial charge in [0.2, 0.25) is 0 Å². The molecule has 0 saturated carbocycles. The Morgan fingerprint density at radius 2 is 2.04 bits per heavy atom. The summed E-state index contributed by atoms with van der Waals surface area (Å²) in [6, 6.07) is 4.24. The summed E-state index contributed by atoms with van der Waals surface area (Å²) in [7, 11) is 0. The van der Waals surface area contributed by atoms with Gasteiger partial charge in [0, 0.05) is 30.9 Å². The number of aryl methyl sites for hydroxylation is 1. The van der Waals surface area contributed by atoms with E-state index < -0.39 is 12.0 Å². The average Bonchev–Trinajstić information content (AvgIpc) is 3.00. The fourth-order valence-electron chi connectivity index (χ4n) is 3.33. The molecule has 3 rings (SSSR count). The van der Waals surface area contributed by atoms with Gasteiger partial charge in [-0.1, -0.05) is 6.07 Å². The van der Waals surface area contributed by atoms with Gasteiger partial charge < -0.3 is 15.3 Å². The Hall–Kier alpha value is -2.57. The zero-order valence-corrected chi connectivity index (χ0v) is 13.6. The lowest BCUT2D eigenvalue weighted by molar-refractivity contribution is -0.143. The summed E-state index contributed by atoms with van der Waals surface area (Å²) < 4.78 is 0. The number of urea groups is 1. The van der Waals surface area contributed by atoms with Crippen LogP contribution in [0.25, 0.3) is 0 Å². The van der Waals surface area contributed by atoms with Gasteiger partial charge >= 0.3 is 12.0 Å². The van der Waals surface area contributed by atoms with Crippen molar-refractivity contribution in [2.45, 2.75) is 32.2 Å². The minimum absolute atomic E-state index is 0.177. The molecular weight excluding hydrogens is 310 g/mol. The molecule has 2 saturated heterocycles. The highest BCUT2D eigenvalue weighted by Crippen LogP contribution is 2.26. The normalized spacial score (nSPS) is 20.9. The highest BCUT2D eigenvalue weighted by Gasteiger charge is 2.33. The Bertz CT molecular complexity index is 688. The second-order valence-corrected chi connectivity index (χ2v) is 6.23. The zero-order chi connectivity index (χ0) is 17.3. The van der Waals surface area contributed by atoms with Crippen molar-refractivity contribution in [3.63, 3.8) is 0 Å². The number of rotatable bonds is 3. The van der Waals surface area contributed by atoms with Gasteiger partial charge in [0.1, 0.15) is 6.04 Å². The smallest absolute Gasteiger partial charge is 0.326 e. The molecule has 3 amide bonds. The molecule has 0 bridgehead atoms. The van der Waals surface area contributed by atoms with Crippen LogP contribution in [0.3, 0.4) is 0 Å². The predicted molar refractivity (Wildman–Crippen MR) is 88.2 cm³/mol. The number of carbonyl (C=O) groups excluding carboxylic acids is 2. The number of nitrogens with one attached hydrogen (secondary N) is 1. The maximum absolute atomic E-state index is 12.8. The molecule has 0 aliphatic carbocycles. The van der Waals surface area contributed by atoms with E-state index >= 15 is 0 Å². The highest BCUT2D eigenvalue weighted by atomic mass is 16.4. The number of carbonyl (C=O) groups is 3. The maximum atomic E-state index is 12.8. The van der Waals surface area contributed by atoms with Crippen molar-refractivity contribution in [2.75, 3.05) is 24.5 Å². The second-order valence-electron chi connectivity index (χ2n) is 6.23. The average molecular weight is 331 g/mol. The van der Waals surface area contributed by atoms with Gasteiger partial charge in [-0.2, -0.15) is 0 Å². The molecular formula is C17H21N3O4. The van der Waals surface area contributed by atoms with E-state index in [0.29, 0.717) is 37.3 Å². The van der Waals surface area contributed by atoms with E-state index in [4.69, 9.17) is 0 Å². The number of piperidine rings is 1. The Morgan fingerprint density at radius 1 is 1.25 bits per heavy atom. The molecule has 1 aromatic rings. The summed E-state index contributed by atoms with van der Waals surface area (Å²) in [4.78, 5) is 39.2. The zero-order valence-electron chi connectivity index (χ0n) is 13.6. The summed E-state index contributed by atoms with van der Waals surface area (Å²) in [5, 5.41) is 12.1. The summed E-state index contributed by atoms with van der Waals surface area (Å²) in [5.41, 5.74) is 2.01. The van der Waals surface area contributed by atoms with Gasteiger partial charge in [-0.05, 0) is 43.9 Å². The van der Waals surface area contributed by atoms with Gasteiger partial charge in [0.15, 0.2) is 0 Å². The number of carboxylic acid groups (broad SMARTS) is 1.